The zero-order chi connectivity index (χ0) is 13.0. The molecule has 0 saturated heterocycles. The summed E-state index contributed by atoms with van der Waals surface area (Å²) in [5, 5.41) is 7.65. The van der Waals surface area contributed by atoms with Crippen molar-refractivity contribution in [2.75, 3.05) is 6.54 Å². The van der Waals surface area contributed by atoms with Gasteiger partial charge < -0.3 is 9.84 Å². The van der Waals surface area contributed by atoms with Crippen molar-refractivity contribution < 1.29 is 4.52 Å². The average molecular weight is 251 g/mol. The number of nitrogens with one attached hydrogen (secondary N) is 1. The Labute approximate surface area is 110 Å². The van der Waals surface area contributed by atoms with Crippen LogP contribution in [0.1, 0.15) is 64.1 Å². The second kappa shape index (κ2) is 6.32. The molecule has 0 bridgehead atoms. The van der Waals surface area contributed by atoms with Gasteiger partial charge in [-0.25, -0.2) is 0 Å². The molecule has 1 aromatic heterocycles. The number of hydrogen-bond acceptors (Lipinski definition) is 4. The molecule has 1 heterocycles. The van der Waals surface area contributed by atoms with E-state index in [0.29, 0.717) is 17.9 Å². The highest BCUT2D eigenvalue weighted by Gasteiger charge is 2.29. The molecular formula is C14H25N3O. The predicted octanol–water partition coefficient (Wildman–Crippen LogP) is 2.90. The van der Waals surface area contributed by atoms with Crippen molar-refractivity contribution >= 4 is 0 Å². The second-order valence-electron chi connectivity index (χ2n) is 5.81. The lowest BCUT2D eigenvalue weighted by Crippen LogP contribution is -2.33. The molecule has 0 aliphatic heterocycles. The predicted molar refractivity (Wildman–Crippen MR) is 71.5 cm³/mol. The zero-order valence-corrected chi connectivity index (χ0v) is 11.8. The first-order chi connectivity index (χ1) is 8.69. The molecule has 102 valence electrons. The van der Waals surface area contributed by atoms with Gasteiger partial charge in [0.15, 0.2) is 5.82 Å². The van der Waals surface area contributed by atoms with Crippen LogP contribution in [0.25, 0.3) is 0 Å². The highest BCUT2D eigenvalue weighted by Crippen LogP contribution is 2.38. The van der Waals surface area contributed by atoms with Crippen molar-refractivity contribution in [2.24, 2.45) is 5.92 Å². The molecule has 1 unspecified atom stereocenters. The van der Waals surface area contributed by atoms with Crippen molar-refractivity contribution in [3.05, 3.63) is 11.7 Å². The van der Waals surface area contributed by atoms with Gasteiger partial charge in [-0.2, -0.15) is 4.98 Å². The van der Waals surface area contributed by atoms with Gasteiger partial charge in [0.25, 0.3) is 0 Å². The van der Waals surface area contributed by atoms with Crippen LogP contribution in [0.5, 0.6) is 0 Å². The first-order valence-electron chi connectivity index (χ1n) is 7.25. The van der Waals surface area contributed by atoms with E-state index in [0.717, 1.165) is 37.5 Å². The molecule has 1 N–H and O–H groups in total. The molecule has 4 nitrogen and oxygen atoms in total. The van der Waals surface area contributed by atoms with Crippen LogP contribution < -0.4 is 5.32 Å². The van der Waals surface area contributed by atoms with Gasteiger partial charge in [-0.3, -0.25) is 0 Å². The highest BCUT2D eigenvalue weighted by molar-refractivity contribution is 5.03. The van der Waals surface area contributed by atoms with Crippen LogP contribution >= 0.6 is 0 Å². The van der Waals surface area contributed by atoms with E-state index in [1.165, 1.54) is 12.8 Å². The smallest absolute Gasteiger partial charge is 0.228 e. The Hall–Kier alpha value is -0.900. The molecule has 2 rings (SSSR count). The van der Waals surface area contributed by atoms with E-state index >= 15 is 0 Å². The van der Waals surface area contributed by atoms with Crippen molar-refractivity contribution in [1.29, 1.82) is 0 Å². The minimum absolute atomic E-state index is 0.456. The van der Waals surface area contributed by atoms with Crippen molar-refractivity contribution in [1.82, 2.24) is 15.5 Å². The summed E-state index contributed by atoms with van der Waals surface area (Å²) in [6.45, 7) is 7.76. The maximum absolute atomic E-state index is 5.36. The Morgan fingerprint density at radius 3 is 2.78 bits per heavy atom. The fraction of sp³-hybridized carbons (Fsp3) is 0.857. The third-order valence-corrected chi connectivity index (χ3v) is 3.29. The molecule has 4 heteroatoms. The van der Waals surface area contributed by atoms with E-state index in [9.17, 15) is 0 Å². The summed E-state index contributed by atoms with van der Waals surface area (Å²) in [7, 11) is 0. The van der Waals surface area contributed by atoms with Gasteiger partial charge in [0.2, 0.25) is 5.89 Å². The van der Waals surface area contributed by atoms with E-state index in [1.54, 1.807) is 0 Å². The standard InChI is InChI=1S/C14H25N3O/c1-4-7-15-12(8-10(2)3)9-13-16-14(17-18-13)11-5-6-11/h10-12,15H,4-9H2,1-3H3. The summed E-state index contributed by atoms with van der Waals surface area (Å²) in [4.78, 5) is 4.51. The van der Waals surface area contributed by atoms with Crippen LogP contribution in [-0.4, -0.2) is 22.7 Å². The first kappa shape index (κ1) is 13.5. The second-order valence-corrected chi connectivity index (χ2v) is 5.81. The summed E-state index contributed by atoms with van der Waals surface area (Å²) in [5.41, 5.74) is 0. The maximum atomic E-state index is 5.36. The Morgan fingerprint density at radius 2 is 2.17 bits per heavy atom. The normalized spacial score (nSPS) is 17.3. The summed E-state index contributed by atoms with van der Waals surface area (Å²) in [6.07, 6.45) is 5.62. The number of aromatic nitrogens is 2. The van der Waals surface area contributed by atoms with E-state index in [-0.39, 0.29) is 0 Å². The molecule has 1 atom stereocenters. The van der Waals surface area contributed by atoms with Crippen LogP contribution in [-0.2, 0) is 6.42 Å². The SMILES string of the molecule is CCCNC(Cc1nc(C2CC2)no1)CC(C)C. The minimum atomic E-state index is 0.456. The molecule has 0 radical (unpaired) electrons. The molecule has 18 heavy (non-hydrogen) atoms. The average Bonchev–Trinajstić information content (AvgIpc) is 3.07. The Kier molecular flexibility index (Phi) is 4.75. The highest BCUT2D eigenvalue weighted by atomic mass is 16.5. The Balaban J connectivity index is 1.88. The third-order valence-electron chi connectivity index (χ3n) is 3.29. The lowest BCUT2D eigenvalue weighted by atomic mass is 10.0. The van der Waals surface area contributed by atoms with Gasteiger partial charge in [0.05, 0.1) is 0 Å². The molecule has 0 spiro atoms. The topological polar surface area (TPSA) is 51.0 Å². The summed E-state index contributed by atoms with van der Waals surface area (Å²) >= 11 is 0. The monoisotopic (exact) mass is 251 g/mol. The van der Waals surface area contributed by atoms with E-state index in [1.807, 2.05) is 0 Å². The molecular weight excluding hydrogens is 226 g/mol. The van der Waals surface area contributed by atoms with Gasteiger partial charge in [0.1, 0.15) is 0 Å². The van der Waals surface area contributed by atoms with Crippen LogP contribution in [0.2, 0.25) is 0 Å². The third kappa shape index (κ3) is 4.09. The van der Waals surface area contributed by atoms with Gasteiger partial charge in [-0.05, 0) is 38.1 Å². The number of hydrogen-bond donors (Lipinski definition) is 1. The quantitative estimate of drug-likeness (QED) is 0.772. The number of nitrogens with zero attached hydrogens (tertiary/aromatic N) is 2. The van der Waals surface area contributed by atoms with Crippen LogP contribution in [0.3, 0.4) is 0 Å². The summed E-state index contributed by atoms with van der Waals surface area (Å²) in [5.74, 6) is 2.98. The van der Waals surface area contributed by atoms with Gasteiger partial charge in [-0.1, -0.05) is 25.9 Å². The van der Waals surface area contributed by atoms with Crippen LogP contribution in [0.4, 0.5) is 0 Å². The molecule has 0 amide bonds. The minimum Gasteiger partial charge on any atom is -0.339 e. The van der Waals surface area contributed by atoms with E-state index < -0.39 is 0 Å². The first-order valence-corrected chi connectivity index (χ1v) is 7.25. The molecule has 1 aliphatic rings. The van der Waals surface area contributed by atoms with E-state index in [2.05, 4.69) is 36.2 Å². The molecule has 1 fully saturated rings. The van der Waals surface area contributed by atoms with E-state index in [4.69, 9.17) is 4.52 Å². The van der Waals surface area contributed by atoms with Gasteiger partial charge in [-0.15, -0.1) is 0 Å². The van der Waals surface area contributed by atoms with Crippen molar-refractivity contribution in [3.63, 3.8) is 0 Å². The summed E-state index contributed by atoms with van der Waals surface area (Å²) < 4.78 is 5.36. The summed E-state index contributed by atoms with van der Waals surface area (Å²) in [6, 6.07) is 0.456. The van der Waals surface area contributed by atoms with Crippen molar-refractivity contribution in [3.8, 4) is 0 Å². The zero-order valence-electron chi connectivity index (χ0n) is 11.8. The molecule has 0 aromatic carbocycles. The largest absolute Gasteiger partial charge is 0.339 e. The lowest BCUT2D eigenvalue weighted by Gasteiger charge is -2.18. The van der Waals surface area contributed by atoms with Crippen LogP contribution in [0.15, 0.2) is 4.52 Å². The molecule has 1 aromatic rings. The fourth-order valence-electron chi connectivity index (χ4n) is 2.23. The van der Waals surface area contributed by atoms with Gasteiger partial charge in [0, 0.05) is 18.4 Å². The van der Waals surface area contributed by atoms with Crippen LogP contribution in [0, 0.1) is 5.92 Å². The van der Waals surface area contributed by atoms with Crippen molar-refractivity contribution in [2.45, 2.75) is 64.8 Å². The Morgan fingerprint density at radius 1 is 1.39 bits per heavy atom. The molecule has 1 aliphatic carbocycles. The Bertz CT molecular complexity index is 358. The molecule has 1 saturated carbocycles. The number of rotatable bonds is 8. The van der Waals surface area contributed by atoms with Gasteiger partial charge >= 0.3 is 0 Å². The fourth-order valence-corrected chi connectivity index (χ4v) is 2.23. The maximum Gasteiger partial charge on any atom is 0.228 e. The lowest BCUT2D eigenvalue weighted by molar-refractivity contribution is 0.335.